The molecular formula is C16H11FN2O7S. The van der Waals surface area contributed by atoms with Crippen LogP contribution in [0.4, 0.5) is 15.8 Å². The standard InChI is InChI=1S/C16H11FN2O7S/c1-8-15(16(20)21)11-6-9(2-5-14(11)26-8)18-27(24,25)10-3-4-12(17)13(7-10)19(22)23/h2-7,18H,1H3,(H,20,21). The lowest BCUT2D eigenvalue weighted by atomic mass is 10.1. The van der Waals surface area contributed by atoms with Crippen molar-refractivity contribution < 1.29 is 32.0 Å². The molecule has 9 nitrogen and oxygen atoms in total. The molecule has 0 atom stereocenters. The van der Waals surface area contributed by atoms with Crippen LogP contribution in [0.5, 0.6) is 0 Å². The predicted molar refractivity (Wildman–Crippen MR) is 91.8 cm³/mol. The van der Waals surface area contributed by atoms with Crippen LogP contribution < -0.4 is 4.72 Å². The van der Waals surface area contributed by atoms with E-state index in [9.17, 15) is 32.8 Å². The van der Waals surface area contributed by atoms with Gasteiger partial charge in [-0.3, -0.25) is 14.8 Å². The number of nitrogens with zero attached hydrogens (tertiary/aromatic N) is 1. The van der Waals surface area contributed by atoms with Crippen LogP contribution in [-0.4, -0.2) is 24.4 Å². The van der Waals surface area contributed by atoms with Gasteiger partial charge in [0, 0.05) is 17.1 Å². The van der Waals surface area contributed by atoms with Gasteiger partial charge in [0.05, 0.1) is 9.82 Å². The highest BCUT2D eigenvalue weighted by Crippen LogP contribution is 2.29. The zero-order valence-corrected chi connectivity index (χ0v) is 14.4. The lowest BCUT2D eigenvalue weighted by molar-refractivity contribution is -0.387. The zero-order chi connectivity index (χ0) is 19.9. The highest BCUT2D eigenvalue weighted by molar-refractivity contribution is 7.92. The van der Waals surface area contributed by atoms with Crippen LogP contribution in [0.3, 0.4) is 0 Å². The van der Waals surface area contributed by atoms with Crippen molar-refractivity contribution in [3.8, 4) is 0 Å². The molecule has 0 unspecified atom stereocenters. The van der Waals surface area contributed by atoms with Crippen molar-refractivity contribution in [2.45, 2.75) is 11.8 Å². The molecule has 0 saturated carbocycles. The molecule has 0 radical (unpaired) electrons. The molecule has 0 aliphatic carbocycles. The van der Waals surface area contributed by atoms with Crippen LogP contribution in [0.1, 0.15) is 16.1 Å². The molecule has 0 bridgehead atoms. The Labute approximate surface area is 151 Å². The van der Waals surface area contributed by atoms with Gasteiger partial charge in [0.25, 0.3) is 10.0 Å². The van der Waals surface area contributed by atoms with Crippen LogP contribution in [-0.2, 0) is 10.0 Å². The lowest BCUT2D eigenvalue weighted by Gasteiger charge is -2.08. The number of halogens is 1. The van der Waals surface area contributed by atoms with E-state index in [1.54, 1.807) is 0 Å². The number of anilines is 1. The first kappa shape index (κ1) is 18.3. The van der Waals surface area contributed by atoms with Crippen LogP contribution in [0.15, 0.2) is 45.7 Å². The van der Waals surface area contributed by atoms with E-state index in [4.69, 9.17) is 4.42 Å². The Kier molecular flexibility index (Phi) is 4.31. The van der Waals surface area contributed by atoms with Crippen molar-refractivity contribution in [2.24, 2.45) is 0 Å². The second kappa shape index (κ2) is 6.36. The van der Waals surface area contributed by atoms with Crippen molar-refractivity contribution in [2.75, 3.05) is 4.72 Å². The highest BCUT2D eigenvalue weighted by Gasteiger charge is 2.23. The molecule has 3 rings (SSSR count). The average Bonchev–Trinajstić information content (AvgIpc) is 2.89. The van der Waals surface area contributed by atoms with E-state index in [1.807, 2.05) is 0 Å². The number of rotatable bonds is 5. The van der Waals surface area contributed by atoms with Gasteiger partial charge in [0.15, 0.2) is 0 Å². The number of furan rings is 1. The Hall–Kier alpha value is -3.47. The van der Waals surface area contributed by atoms with E-state index in [2.05, 4.69) is 4.72 Å². The van der Waals surface area contributed by atoms with Gasteiger partial charge in [-0.05, 0) is 37.3 Å². The first-order chi connectivity index (χ1) is 12.6. The number of hydrogen-bond donors (Lipinski definition) is 2. The maximum Gasteiger partial charge on any atom is 0.339 e. The van der Waals surface area contributed by atoms with E-state index in [0.29, 0.717) is 12.1 Å². The molecule has 2 N–H and O–H groups in total. The van der Waals surface area contributed by atoms with Gasteiger partial charge in [0.1, 0.15) is 16.9 Å². The van der Waals surface area contributed by atoms with Gasteiger partial charge in [-0.15, -0.1) is 0 Å². The molecule has 2 aromatic carbocycles. The quantitative estimate of drug-likeness (QED) is 0.500. The summed E-state index contributed by atoms with van der Waals surface area (Å²) >= 11 is 0. The molecule has 3 aromatic rings. The van der Waals surface area contributed by atoms with Crippen molar-refractivity contribution in [1.82, 2.24) is 0 Å². The van der Waals surface area contributed by atoms with Crippen molar-refractivity contribution in [3.05, 3.63) is 63.7 Å². The number of carboxylic acid groups (broad SMARTS) is 1. The summed E-state index contributed by atoms with van der Waals surface area (Å²) in [6.07, 6.45) is 0. The molecule has 0 amide bonds. The first-order valence-electron chi connectivity index (χ1n) is 7.33. The van der Waals surface area contributed by atoms with E-state index in [1.165, 1.54) is 25.1 Å². The summed E-state index contributed by atoms with van der Waals surface area (Å²) in [6, 6.07) is 6.16. The highest BCUT2D eigenvalue weighted by atomic mass is 32.2. The average molecular weight is 394 g/mol. The number of carbonyl (C=O) groups is 1. The third-order valence-electron chi connectivity index (χ3n) is 3.75. The zero-order valence-electron chi connectivity index (χ0n) is 13.6. The fraction of sp³-hybridized carbons (Fsp3) is 0.0625. The van der Waals surface area contributed by atoms with Gasteiger partial charge in [0.2, 0.25) is 5.82 Å². The van der Waals surface area contributed by atoms with E-state index in [-0.39, 0.29) is 28.0 Å². The van der Waals surface area contributed by atoms with Gasteiger partial charge in [-0.25, -0.2) is 13.2 Å². The predicted octanol–water partition coefficient (Wildman–Crippen LogP) is 3.29. The minimum atomic E-state index is -4.28. The molecule has 0 saturated heterocycles. The van der Waals surface area contributed by atoms with Crippen LogP contribution in [0, 0.1) is 22.9 Å². The fourth-order valence-corrected chi connectivity index (χ4v) is 3.63. The van der Waals surface area contributed by atoms with E-state index in [0.717, 1.165) is 6.07 Å². The first-order valence-corrected chi connectivity index (χ1v) is 8.81. The van der Waals surface area contributed by atoms with Gasteiger partial charge in [-0.2, -0.15) is 4.39 Å². The maximum absolute atomic E-state index is 13.4. The summed E-state index contributed by atoms with van der Waals surface area (Å²) < 4.78 is 45.8. The molecule has 1 aromatic heterocycles. The van der Waals surface area contributed by atoms with Crippen LogP contribution >= 0.6 is 0 Å². The van der Waals surface area contributed by atoms with Crippen LogP contribution in [0.25, 0.3) is 11.0 Å². The third kappa shape index (κ3) is 3.31. The topological polar surface area (TPSA) is 140 Å². The molecular weight excluding hydrogens is 383 g/mol. The Morgan fingerprint density at radius 3 is 2.59 bits per heavy atom. The number of nitro benzene ring substituents is 1. The SMILES string of the molecule is Cc1oc2ccc(NS(=O)(=O)c3ccc(F)c([N+](=O)[O-])c3)cc2c1C(=O)O. The summed E-state index contributed by atoms with van der Waals surface area (Å²) in [5, 5.41) is 20.2. The number of hydrogen-bond acceptors (Lipinski definition) is 6. The maximum atomic E-state index is 13.4. The molecule has 140 valence electrons. The molecule has 27 heavy (non-hydrogen) atoms. The summed E-state index contributed by atoms with van der Waals surface area (Å²) in [7, 11) is -4.28. The van der Waals surface area contributed by atoms with Crippen molar-refractivity contribution in [1.29, 1.82) is 0 Å². The lowest BCUT2D eigenvalue weighted by Crippen LogP contribution is -2.13. The molecule has 0 aliphatic rings. The minimum absolute atomic E-state index is 0.0118. The Morgan fingerprint density at radius 2 is 1.96 bits per heavy atom. The number of benzene rings is 2. The number of aromatic carboxylic acids is 1. The summed E-state index contributed by atoms with van der Waals surface area (Å²) in [4.78, 5) is 20.6. The number of fused-ring (bicyclic) bond motifs is 1. The molecule has 11 heteroatoms. The summed E-state index contributed by atoms with van der Waals surface area (Å²) in [6.45, 7) is 1.46. The number of nitrogens with one attached hydrogen (secondary N) is 1. The second-order valence-electron chi connectivity index (χ2n) is 5.53. The Morgan fingerprint density at radius 1 is 1.26 bits per heavy atom. The second-order valence-corrected chi connectivity index (χ2v) is 7.21. The van der Waals surface area contributed by atoms with E-state index >= 15 is 0 Å². The molecule has 1 heterocycles. The normalized spacial score (nSPS) is 11.5. The largest absolute Gasteiger partial charge is 0.478 e. The fourth-order valence-electron chi connectivity index (χ4n) is 2.56. The summed E-state index contributed by atoms with van der Waals surface area (Å²) in [5.41, 5.74) is -0.821. The van der Waals surface area contributed by atoms with Crippen LogP contribution in [0.2, 0.25) is 0 Å². The van der Waals surface area contributed by atoms with Crippen molar-refractivity contribution >= 4 is 38.3 Å². The monoisotopic (exact) mass is 394 g/mol. The Bertz CT molecular complexity index is 1200. The number of aryl methyl sites for hydroxylation is 1. The third-order valence-corrected chi connectivity index (χ3v) is 5.13. The molecule has 0 fully saturated rings. The molecule has 0 aliphatic heterocycles. The minimum Gasteiger partial charge on any atom is -0.478 e. The number of carboxylic acids is 1. The van der Waals surface area contributed by atoms with Gasteiger partial charge < -0.3 is 9.52 Å². The number of sulfonamides is 1. The van der Waals surface area contributed by atoms with Gasteiger partial charge in [-0.1, -0.05) is 0 Å². The van der Waals surface area contributed by atoms with E-state index < -0.39 is 37.3 Å². The summed E-state index contributed by atoms with van der Waals surface area (Å²) in [5.74, 6) is -2.24. The smallest absolute Gasteiger partial charge is 0.339 e. The Balaban J connectivity index is 2.04. The van der Waals surface area contributed by atoms with Gasteiger partial charge >= 0.3 is 11.7 Å². The van der Waals surface area contributed by atoms with Crippen molar-refractivity contribution in [3.63, 3.8) is 0 Å². The molecule has 0 spiro atoms. The number of nitro groups is 1.